The van der Waals surface area contributed by atoms with E-state index >= 15 is 0 Å². The second-order valence-corrected chi connectivity index (χ2v) is 8.32. The van der Waals surface area contributed by atoms with Crippen LogP contribution in [0.25, 0.3) is 10.6 Å². The van der Waals surface area contributed by atoms with Crippen molar-refractivity contribution in [3.05, 3.63) is 53.3 Å². The minimum atomic E-state index is -0.374. The summed E-state index contributed by atoms with van der Waals surface area (Å²) in [6, 6.07) is 9.50. The van der Waals surface area contributed by atoms with Crippen LogP contribution in [0.2, 0.25) is 0 Å². The zero-order chi connectivity index (χ0) is 20.1. The molecule has 3 aromatic heterocycles. The fraction of sp³-hybridized carbons (Fsp3) is 0.300. The highest BCUT2D eigenvalue weighted by Crippen LogP contribution is 2.26. The molecular weight excluding hydrogens is 374 g/mol. The van der Waals surface area contributed by atoms with E-state index in [1.54, 1.807) is 12.4 Å². The first-order valence-electron chi connectivity index (χ1n) is 8.88. The molecule has 3 heterocycles. The van der Waals surface area contributed by atoms with E-state index in [9.17, 15) is 9.90 Å². The molecule has 0 atom stereocenters. The van der Waals surface area contributed by atoms with Crippen molar-refractivity contribution in [2.24, 2.45) is 5.41 Å². The summed E-state index contributed by atoms with van der Waals surface area (Å²) in [5, 5.41) is 15.7. The average Bonchev–Trinajstić information content (AvgIpc) is 3.17. The standard InChI is InChI=1S/C20H23N5O2S/c1-13-7-8-21-17(9-13)25-16-6-4-5-14(24-16)15-10-22-19(28-15)18(27)23-11-20(2,3)12-26/h4-10,26H,11-12H2,1-3H3,(H,23,27)(H,21,24,25). The molecule has 8 heteroatoms. The number of pyridine rings is 2. The fourth-order valence-corrected chi connectivity index (χ4v) is 3.13. The molecule has 0 saturated carbocycles. The highest BCUT2D eigenvalue weighted by molar-refractivity contribution is 7.16. The molecule has 0 aliphatic rings. The van der Waals surface area contributed by atoms with Gasteiger partial charge in [0, 0.05) is 31.0 Å². The summed E-state index contributed by atoms with van der Waals surface area (Å²) in [7, 11) is 0. The highest BCUT2D eigenvalue weighted by Gasteiger charge is 2.19. The zero-order valence-electron chi connectivity index (χ0n) is 16.1. The first-order valence-corrected chi connectivity index (χ1v) is 9.70. The predicted octanol–water partition coefficient (Wildman–Crippen LogP) is 3.40. The van der Waals surface area contributed by atoms with Gasteiger partial charge in [-0.15, -0.1) is 11.3 Å². The lowest BCUT2D eigenvalue weighted by Crippen LogP contribution is -2.35. The van der Waals surface area contributed by atoms with E-state index in [-0.39, 0.29) is 17.9 Å². The summed E-state index contributed by atoms with van der Waals surface area (Å²) in [6.07, 6.45) is 3.39. The maximum absolute atomic E-state index is 12.3. The van der Waals surface area contributed by atoms with Crippen LogP contribution >= 0.6 is 11.3 Å². The number of nitrogens with zero attached hydrogens (tertiary/aromatic N) is 3. The monoisotopic (exact) mass is 397 g/mol. The molecule has 28 heavy (non-hydrogen) atoms. The topological polar surface area (TPSA) is 100 Å². The second kappa shape index (κ2) is 8.45. The number of aliphatic hydroxyl groups is 1. The van der Waals surface area contributed by atoms with Gasteiger partial charge in [0.15, 0.2) is 5.01 Å². The number of carbonyl (C=O) groups excluding carboxylic acids is 1. The molecule has 0 radical (unpaired) electrons. The molecule has 0 unspecified atom stereocenters. The van der Waals surface area contributed by atoms with Crippen LogP contribution in [0.15, 0.2) is 42.7 Å². The number of rotatable bonds is 7. The maximum Gasteiger partial charge on any atom is 0.280 e. The Morgan fingerprint density at radius 2 is 2.04 bits per heavy atom. The van der Waals surface area contributed by atoms with E-state index in [1.807, 2.05) is 51.1 Å². The van der Waals surface area contributed by atoms with Gasteiger partial charge < -0.3 is 15.7 Å². The Balaban J connectivity index is 1.72. The van der Waals surface area contributed by atoms with Gasteiger partial charge in [0.1, 0.15) is 11.6 Å². The van der Waals surface area contributed by atoms with Crippen molar-refractivity contribution in [3.8, 4) is 10.6 Å². The SMILES string of the molecule is Cc1ccnc(Nc2cccc(-c3cnc(C(=O)NCC(C)(C)CO)s3)n2)c1. The third-order valence-electron chi connectivity index (χ3n) is 4.03. The summed E-state index contributed by atoms with van der Waals surface area (Å²) < 4.78 is 0. The number of hydrogen-bond acceptors (Lipinski definition) is 7. The van der Waals surface area contributed by atoms with Gasteiger partial charge in [-0.1, -0.05) is 19.9 Å². The van der Waals surface area contributed by atoms with E-state index < -0.39 is 0 Å². The number of aliphatic hydroxyl groups excluding tert-OH is 1. The van der Waals surface area contributed by atoms with Crippen LogP contribution in [0.1, 0.15) is 29.2 Å². The molecule has 0 saturated heterocycles. The van der Waals surface area contributed by atoms with E-state index in [1.165, 1.54) is 11.3 Å². The van der Waals surface area contributed by atoms with E-state index in [0.717, 1.165) is 22.0 Å². The lowest BCUT2D eigenvalue weighted by atomic mass is 9.95. The van der Waals surface area contributed by atoms with Crippen LogP contribution in [0.5, 0.6) is 0 Å². The molecule has 0 spiro atoms. The van der Waals surface area contributed by atoms with Crippen LogP contribution in [-0.4, -0.2) is 39.1 Å². The number of aromatic nitrogens is 3. The second-order valence-electron chi connectivity index (χ2n) is 7.29. The molecule has 146 valence electrons. The Labute approximate surface area is 167 Å². The van der Waals surface area contributed by atoms with Crippen molar-refractivity contribution >= 4 is 28.9 Å². The van der Waals surface area contributed by atoms with Crippen LogP contribution < -0.4 is 10.6 Å². The number of carbonyl (C=O) groups is 1. The van der Waals surface area contributed by atoms with Crippen molar-refractivity contribution in [3.63, 3.8) is 0 Å². The Morgan fingerprint density at radius 1 is 1.21 bits per heavy atom. The normalized spacial score (nSPS) is 11.3. The predicted molar refractivity (Wildman–Crippen MR) is 111 cm³/mol. The minimum absolute atomic E-state index is 0.00406. The Hall–Kier alpha value is -2.84. The van der Waals surface area contributed by atoms with Crippen LogP contribution in [0, 0.1) is 12.3 Å². The van der Waals surface area contributed by atoms with Crippen molar-refractivity contribution in [1.82, 2.24) is 20.3 Å². The van der Waals surface area contributed by atoms with Gasteiger partial charge in [0.05, 0.1) is 10.6 Å². The Kier molecular flexibility index (Phi) is 6.01. The van der Waals surface area contributed by atoms with E-state index in [4.69, 9.17) is 0 Å². The lowest BCUT2D eigenvalue weighted by molar-refractivity contribution is 0.0910. The number of thiazole rings is 1. The number of nitrogens with one attached hydrogen (secondary N) is 2. The first-order chi connectivity index (χ1) is 13.4. The Bertz CT molecular complexity index is 970. The highest BCUT2D eigenvalue weighted by atomic mass is 32.1. The van der Waals surface area contributed by atoms with E-state index in [2.05, 4.69) is 25.6 Å². The molecule has 0 fully saturated rings. The van der Waals surface area contributed by atoms with Crippen LogP contribution in [-0.2, 0) is 0 Å². The summed E-state index contributed by atoms with van der Waals surface area (Å²) in [5.41, 5.74) is 1.46. The molecule has 0 aliphatic carbocycles. The average molecular weight is 398 g/mol. The van der Waals surface area contributed by atoms with Crippen LogP contribution in [0.4, 0.5) is 11.6 Å². The summed E-state index contributed by atoms with van der Waals surface area (Å²) in [6.45, 7) is 6.13. The number of amides is 1. The molecule has 0 aromatic carbocycles. The molecule has 1 amide bonds. The van der Waals surface area contributed by atoms with Gasteiger partial charge in [0.25, 0.3) is 5.91 Å². The van der Waals surface area contributed by atoms with Gasteiger partial charge in [-0.25, -0.2) is 15.0 Å². The molecule has 0 aliphatic heterocycles. The Morgan fingerprint density at radius 3 is 2.79 bits per heavy atom. The number of hydrogen-bond donors (Lipinski definition) is 3. The molecular formula is C20H23N5O2S. The van der Waals surface area contributed by atoms with Gasteiger partial charge in [0.2, 0.25) is 0 Å². The minimum Gasteiger partial charge on any atom is -0.396 e. The third kappa shape index (κ3) is 5.11. The van der Waals surface area contributed by atoms with Crippen molar-refractivity contribution in [1.29, 1.82) is 0 Å². The quantitative estimate of drug-likeness (QED) is 0.565. The molecule has 3 aromatic rings. The number of aryl methyl sites for hydroxylation is 1. The molecule has 7 nitrogen and oxygen atoms in total. The summed E-state index contributed by atoms with van der Waals surface area (Å²) in [4.78, 5) is 26.2. The zero-order valence-corrected chi connectivity index (χ0v) is 16.9. The van der Waals surface area contributed by atoms with Gasteiger partial charge in [-0.2, -0.15) is 0 Å². The van der Waals surface area contributed by atoms with E-state index in [0.29, 0.717) is 17.4 Å². The fourth-order valence-electron chi connectivity index (χ4n) is 2.33. The molecule has 3 rings (SSSR count). The van der Waals surface area contributed by atoms with Crippen molar-refractivity contribution in [2.75, 3.05) is 18.5 Å². The maximum atomic E-state index is 12.3. The first kappa shape index (κ1) is 19.9. The number of anilines is 2. The van der Waals surface area contributed by atoms with Gasteiger partial charge in [-0.05, 0) is 36.8 Å². The molecule has 3 N–H and O–H groups in total. The van der Waals surface area contributed by atoms with Crippen LogP contribution in [0.3, 0.4) is 0 Å². The van der Waals surface area contributed by atoms with Gasteiger partial charge >= 0.3 is 0 Å². The smallest absolute Gasteiger partial charge is 0.280 e. The largest absolute Gasteiger partial charge is 0.396 e. The molecule has 0 bridgehead atoms. The van der Waals surface area contributed by atoms with Gasteiger partial charge in [-0.3, -0.25) is 4.79 Å². The lowest BCUT2D eigenvalue weighted by Gasteiger charge is -2.21. The van der Waals surface area contributed by atoms with Crippen molar-refractivity contribution in [2.45, 2.75) is 20.8 Å². The van der Waals surface area contributed by atoms with Crippen molar-refractivity contribution < 1.29 is 9.90 Å². The third-order valence-corrected chi connectivity index (χ3v) is 5.05. The summed E-state index contributed by atoms with van der Waals surface area (Å²) in [5.74, 6) is 1.14. The summed E-state index contributed by atoms with van der Waals surface area (Å²) >= 11 is 1.28.